The van der Waals surface area contributed by atoms with Gasteiger partial charge in [-0.3, -0.25) is 0 Å². The average Bonchev–Trinajstić information content (AvgIpc) is 2.12. The molecule has 0 heterocycles. The highest BCUT2D eigenvalue weighted by atomic mass is 35.5. The van der Waals surface area contributed by atoms with E-state index in [4.69, 9.17) is 33.1 Å². The van der Waals surface area contributed by atoms with Crippen molar-refractivity contribution in [2.24, 2.45) is 5.16 Å². The maximum Gasteiger partial charge on any atom is 0.147 e. The first kappa shape index (κ1) is 10.2. The second-order valence-electron chi connectivity index (χ2n) is 2.23. The highest BCUT2D eigenvalue weighted by Gasteiger charge is 2.09. The van der Waals surface area contributed by atoms with Gasteiger partial charge in [-0.25, -0.2) is 0 Å². The summed E-state index contributed by atoms with van der Waals surface area (Å²) in [6, 6.07) is 3.25. The van der Waals surface area contributed by atoms with E-state index in [-0.39, 0.29) is 0 Å². The molecule has 1 N–H and O–H groups in total. The topological polar surface area (TPSA) is 41.8 Å². The van der Waals surface area contributed by atoms with E-state index >= 15 is 0 Å². The fourth-order valence-electron chi connectivity index (χ4n) is 0.918. The van der Waals surface area contributed by atoms with Gasteiger partial charge in [-0.05, 0) is 12.1 Å². The second-order valence-corrected chi connectivity index (χ2v) is 3.01. The molecule has 13 heavy (non-hydrogen) atoms. The van der Waals surface area contributed by atoms with Crippen LogP contribution >= 0.6 is 23.2 Å². The number of hydrogen-bond acceptors (Lipinski definition) is 3. The van der Waals surface area contributed by atoms with Gasteiger partial charge in [0.15, 0.2) is 0 Å². The van der Waals surface area contributed by atoms with Crippen LogP contribution in [0.2, 0.25) is 10.0 Å². The van der Waals surface area contributed by atoms with E-state index < -0.39 is 0 Å². The molecule has 0 aliphatic rings. The molecule has 0 aliphatic carbocycles. The first-order valence-electron chi connectivity index (χ1n) is 3.40. The Labute approximate surface area is 85.5 Å². The van der Waals surface area contributed by atoms with E-state index in [0.29, 0.717) is 21.4 Å². The van der Waals surface area contributed by atoms with Gasteiger partial charge in [-0.2, -0.15) is 0 Å². The number of ether oxygens (including phenoxy) is 1. The number of rotatable bonds is 2. The second kappa shape index (κ2) is 4.35. The van der Waals surface area contributed by atoms with Crippen LogP contribution in [0.15, 0.2) is 17.3 Å². The number of hydrogen-bond donors (Lipinski definition) is 1. The Bertz CT molecular complexity index is 339. The van der Waals surface area contributed by atoms with Crippen LogP contribution in [0.1, 0.15) is 5.56 Å². The third-order valence-electron chi connectivity index (χ3n) is 1.48. The molecule has 0 aromatic heterocycles. The summed E-state index contributed by atoms with van der Waals surface area (Å²) in [6.07, 6.45) is 1.22. The molecule has 0 spiro atoms. The Morgan fingerprint density at radius 2 is 2.15 bits per heavy atom. The summed E-state index contributed by atoms with van der Waals surface area (Å²) in [7, 11) is 1.46. The molecular weight excluding hydrogens is 213 g/mol. The van der Waals surface area contributed by atoms with Crippen molar-refractivity contribution in [2.75, 3.05) is 7.11 Å². The quantitative estimate of drug-likeness (QED) is 0.473. The maximum absolute atomic E-state index is 8.34. The van der Waals surface area contributed by atoms with Crippen molar-refractivity contribution in [1.82, 2.24) is 0 Å². The van der Waals surface area contributed by atoms with Crippen LogP contribution in [0.3, 0.4) is 0 Å². The summed E-state index contributed by atoms with van der Waals surface area (Å²) in [4.78, 5) is 0. The van der Waals surface area contributed by atoms with Crippen LogP contribution in [-0.4, -0.2) is 18.5 Å². The van der Waals surface area contributed by atoms with Gasteiger partial charge in [0.1, 0.15) is 10.8 Å². The minimum absolute atomic E-state index is 0.307. The molecule has 0 fully saturated rings. The van der Waals surface area contributed by atoms with E-state index in [1.807, 2.05) is 0 Å². The van der Waals surface area contributed by atoms with Gasteiger partial charge >= 0.3 is 0 Å². The van der Waals surface area contributed by atoms with Crippen LogP contribution in [0.4, 0.5) is 0 Å². The van der Waals surface area contributed by atoms with Crippen molar-refractivity contribution in [1.29, 1.82) is 0 Å². The summed E-state index contributed by atoms with van der Waals surface area (Å²) < 4.78 is 4.99. The van der Waals surface area contributed by atoms with Gasteiger partial charge in [0.2, 0.25) is 0 Å². The first-order chi connectivity index (χ1) is 6.20. The summed E-state index contributed by atoms with van der Waals surface area (Å²) in [5.74, 6) is 0.395. The highest BCUT2D eigenvalue weighted by molar-refractivity contribution is 6.43. The van der Waals surface area contributed by atoms with Crippen LogP contribution in [0.25, 0.3) is 0 Å². The smallest absolute Gasteiger partial charge is 0.147 e. The van der Waals surface area contributed by atoms with Crippen LogP contribution < -0.4 is 4.74 Å². The zero-order chi connectivity index (χ0) is 9.84. The molecule has 0 unspecified atom stereocenters. The van der Waals surface area contributed by atoms with Gasteiger partial charge in [-0.1, -0.05) is 28.4 Å². The lowest BCUT2D eigenvalue weighted by Gasteiger charge is -2.06. The number of nitrogens with zero attached hydrogens (tertiary/aromatic N) is 1. The van der Waals surface area contributed by atoms with Crippen molar-refractivity contribution in [3.63, 3.8) is 0 Å². The number of halogens is 2. The molecule has 0 saturated carbocycles. The van der Waals surface area contributed by atoms with Gasteiger partial charge < -0.3 is 9.94 Å². The molecule has 0 aliphatic heterocycles. The fraction of sp³-hybridized carbons (Fsp3) is 0.125. The van der Waals surface area contributed by atoms with Crippen LogP contribution in [-0.2, 0) is 0 Å². The van der Waals surface area contributed by atoms with Crippen LogP contribution in [0, 0.1) is 0 Å². The number of methoxy groups -OCH3 is 1. The van der Waals surface area contributed by atoms with E-state index in [9.17, 15) is 0 Å². The Morgan fingerprint density at radius 1 is 1.46 bits per heavy atom. The predicted molar refractivity (Wildman–Crippen MR) is 52.4 cm³/mol. The standard InChI is InChI=1S/C8H7Cl2NO2/c1-13-8-5(4-11-12)2-3-6(9)7(8)10/h2-4,12H,1H3. The van der Waals surface area contributed by atoms with Gasteiger partial charge in [0, 0.05) is 5.56 Å². The molecule has 70 valence electrons. The molecule has 3 nitrogen and oxygen atoms in total. The largest absolute Gasteiger partial charge is 0.494 e. The number of benzene rings is 1. The minimum atomic E-state index is 0.307. The van der Waals surface area contributed by atoms with Crippen molar-refractivity contribution in [3.8, 4) is 5.75 Å². The first-order valence-corrected chi connectivity index (χ1v) is 4.15. The van der Waals surface area contributed by atoms with Gasteiger partial charge in [0.25, 0.3) is 0 Å². The van der Waals surface area contributed by atoms with E-state index in [1.165, 1.54) is 13.3 Å². The van der Waals surface area contributed by atoms with E-state index in [1.54, 1.807) is 12.1 Å². The summed E-state index contributed by atoms with van der Waals surface area (Å²) in [5.41, 5.74) is 0.569. The Hall–Kier alpha value is -0.930. The normalized spacial score (nSPS) is 10.7. The Balaban J connectivity index is 3.29. The Kier molecular flexibility index (Phi) is 3.39. The van der Waals surface area contributed by atoms with Crippen molar-refractivity contribution in [3.05, 3.63) is 27.7 Å². The molecular formula is C8H7Cl2NO2. The molecule has 0 amide bonds. The van der Waals surface area contributed by atoms with Crippen molar-refractivity contribution >= 4 is 29.4 Å². The zero-order valence-electron chi connectivity index (χ0n) is 6.79. The average molecular weight is 220 g/mol. The predicted octanol–water partition coefficient (Wildman–Crippen LogP) is 2.81. The lowest BCUT2D eigenvalue weighted by molar-refractivity contribution is 0.321. The molecule has 5 heteroatoms. The summed E-state index contributed by atoms with van der Waals surface area (Å²) in [6.45, 7) is 0. The van der Waals surface area contributed by atoms with Crippen molar-refractivity contribution < 1.29 is 9.94 Å². The lowest BCUT2D eigenvalue weighted by atomic mass is 10.2. The molecule has 1 aromatic carbocycles. The molecule has 0 bridgehead atoms. The van der Waals surface area contributed by atoms with Gasteiger partial charge in [-0.15, -0.1) is 0 Å². The van der Waals surface area contributed by atoms with Gasteiger partial charge in [0.05, 0.1) is 18.3 Å². The minimum Gasteiger partial charge on any atom is -0.494 e. The fourth-order valence-corrected chi connectivity index (χ4v) is 1.32. The summed E-state index contributed by atoms with van der Waals surface area (Å²) >= 11 is 11.6. The highest BCUT2D eigenvalue weighted by Crippen LogP contribution is 2.33. The van der Waals surface area contributed by atoms with Crippen LogP contribution in [0.5, 0.6) is 5.75 Å². The lowest BCUT2D eigenvalue weighted by Crippen LogP contribution is -1.92. The third kappa shape index (κ3) is 2.05. The molecule has 0 radical (unpaired) electrons. The zero-order valence-corrected chi connectivity index (χ0v) is 8.30. The SMILES string of the molecule is COc1c(C=NO)ccc(Cl)c1Cl. The monoisotopic (exact) mass is 219 g/mol. The molecule has 1 aromatic rings. The molecule has 0 saturated heterocycles. The maximum atomic E-state index is 8.34. The molecule has 1 rings (SSSR count). The van der Waals surface area contributed by atoms with Crippen molar-refractivity contribution in [2.45, 2.75) is 0 Å². The number of oxime groups is 1. The molecule has 0 atom stereocenters. The van der Waals surface area contributed by atoms with E-state index in [2.05, 4.69) is 5.16 Å². The van der Waals surface area contributed by atoms with E-state index in [0.717, 1.165) is 0 Å². The Morgan fingerprint density at radius 3 is 2.69 bits per heavy atom. The third-order valence-corrected chi connectivity index (χ3v) is 2.27. The summed E-state index contributed by atoms with van der Waals surface area (Å²) in [5, 5.41) is 11.9.